The lowest BCUT2D eigenvalue weighted by Gasteiger charge is -2.00. The molecule has 0 aliphatic heterocycles. The summed E-state index contributed by atoms with van der Waals surface area (Å²) < 4.78 is 1.19. The molecule has 3 rings (SSSR count). The van der Waals surface area contributed by atoms with Crippen LogP contribution in [0.1, 0.15) is 5.01 Å². The van der Waals surface area contributed by atoms with Gasteiger partial charge in [-0.3, -0.25) is 11.1 Å². The molecule has 0 spiro atoms. The number of thiazole rings is 1. The number of nitrogens with two attached hydrogens (primary N) is 2. The SMILES string of the molecule is NC(=[NH2+])SCc1nc2cc(-c3ccccc3)ccc2s1. The molecular formula is C15H14N3S2+. The molecule has 1 heterocycles. The van der Waals surface area contributed by atoms with Crippen molar-refractivity contribution >= 4 is 38.5 Å². The van der Waals surface area contributed by atoms with Crippen LogP contribution in [0.2, 0.25) is 0 Å². The highest BCUT2D eigenvalue weighted by Gasteiger charge is 2.07. The Morgan fingerprint density at radius 1 is 1.15 bits per heavy atom. The number of aromatic nitrogens is 1. The molecule has 0 saturated heterocycles. The van der Waals surface area contributed by atoms with Crippen molar-refractivity contribution in [2.24, 2.45) is 5.73 Å². The summed E-state index contributed by atoms with van der Waals surface area (Å²) in [5.74, 6) is 0.725. The Balaban J connectivity index is 1.93. The Kier molecular flexibility index (Phi) is 3.71. The van der Waals surface area contributed by atoms with Gasteiger partial charge in [-0.05, 0) is 35.0 Å². The molecule has 0 aliphatic rings. The van der Waals surface area contributed by atoms with Gasteiger partial charge in [-0.25, -0.2) is 4.98 Å². The van der Waals surface area contributed by atoms with Gasteiger partial charge < -0.3 is 0 Å². The van der Waals surface area contributed by atoms with Crippen LogP contribution in [0.15, 0.2) is 48.5 Å². The van der Waals surface area contributed by atoms with Crippen LogP contribution < -0.4 is 11.1 Å². The average Bonchev–Trinajstić information content (AvgIpc) is 2.88. The number of hydrogen-bond acceptors (Lipinski definition) is 3. The Hall–Kier alpha value is -1.85. The molecule has 0 bridgehead atoms. The molecule has 0 radical (unpaired) electrons. The average molecular weight is 300 g/mol. The summed E-state index contributed by atoms with van der Waals surface area (Å²) in [6, 6.07) is 16.7. The fourth-order valence-electron chi connectivity index (χ4n) is 1.99. The zero-order valence-electron chi connectivity index (χ0n) is 10.7. The zero-order chi connectivity index (χ0) is 13.9. The minimum Gasteiger partial charge on any atom is -0.282 e. The Morgan fingerprint density at radius 3 is 2.70 bits per heavy atom. The van der Waals surface area contributed by atoms with Crippen LogP contribution in [0.25, 0.3) is 21.3 Å². The lowest BCUT2D eigenvalue weighted by molar-refractivity contribution is -0.110. The van der Waals surface area contributed by atoms with Crippen molar-refractivity contribution in [3.05, 3.63) is 53.5 Å². The third kappa shape index (κ3) is 2.84. The van der Waals surface area contributed by atoms with Crippen molar-refractivity contribution in [1.29, 1.82) is 0 Å². The van der Waals surface area contributed by atoms with E-state index in [0.717, 1.165) is 16.3 Å². The number of fused-ring (bicyclic) bond motifs is 1. The number of hydrogen-bond donors (Lipinski definition) is 2. The minimum absolute atomic E-state index is 0.384. The van der Waals surface area contributed by atoms with E-state index in [-0.39, 0.29) is 0 Å². The highest BCUT2D eigenvalue weighted by Crippen LogP contribution is 2.29. The van der Waals surface area contributed by atoms with Crippen molar-refractivity contribution in [3.8, 4) is 11.1 Å². The summed E-state index contributed by atoms with van der Waals surface area (Å²) >= 11 is 3.11. The van der Waals surface area contributed by atoms with Crippen LogP contribution in [-0.4, -0.2) is 10.2 Å². The molecule has 5 heteroatoms. The second-order valence-electron chi connectivity index (χ2n) is 4.35. The van der Waals surface area contributed by atoms with E-state index in [1.54, 1.807) is 11.3 Å². The predicted octanol–water partition coefficient (Wildman–Crippen LogP) is 2.27. The summed E-state index contributed by atoms with van der Waals surface area (Å²) in [6.45, 7) is 0. The van der Waals surface area contributed by atoms with Gasteiger partial charge in [0.05, 0.1) is 16.0 Å². The Bertz CT molecular complexity index is 750. The molecule has 0 unspecified atom stereocenters. The van der Waals surface area contributed by atoms with Crippen molar-refractivity contribution in [2.75, 3.05) is 0 Å². The first-order valence-corrected chi connectivity index (χ1v) is 7.98. The molecule has 20 heavy (non-hydrogen) atoms. The minimum atomic E-state index is 0.384. The topological polar surface area (TPSA) is 64.5 Å². The van der Waals surface area contributed by atoms with Gasteiger partial charge in [-0.2, -0.15) is 0 Å². The first kappa shape index (κ1) is 13.1. The molecule has 0 saturated carbocycles. The van der Waals surface area contributed by atoms with Crippen LogP contribution in [0.3, 0.4) is 0 Å². The van der Waals surface area contributed by atoms with Crippen LogP contribution in [0.4, 0.5) is 0 Å². The standard InChI is InChI=1S/C15H13N3S2/c16-15(17)19-9-14-18-12-8-11(6-7-13(12)20-14)10-4-2-1-3-5-10/h1-8H,9H2,(H3,16,17)/p+1. The van der Waals surface area contributed by atoms with Crippen molar-refractivity contribution in [3.63, 3.8) is 0 Å². The van der Waals surface area contributed by atoms with Crippen LogP contribution in [0, 0.1) is 0 Å². The van der Waals surface area contributed by atoms with E-state index in [1.165, 1.54) is 27.6 Å². The van der Waals surface area contributed by atoms with E-state index >= 15 is 0 Å². The fourth-order valence-corrected chi connectivity index (χ4v) is 3.50. The summed E-state index contributed by atoms with van der Waals surface area (Å²) in [4.78, 5) is 4.64. The molecule has 0 amide bonds. The summed E-state index contributed by atoms with van der Waals surface area (Å²) in [5.41, 5.74) is 8.89. The maximum atomic E-state index is 5.47. The molecule has 3 nitrogen and oxygen atoms in total. The van der Waals surface area contributed by atoms with Gasteiger partial charge in [0.15, 0.2) is 0 Å². The third-order valence-electron chi connectivity index (χ3n) is 2.90. The van der Waals surface area contributed by atoms with E-state index in [9.17, 15) is 0 Å². The van der Waals surface area contributed by atoms with E-state index in [4.69, 9.17) is 11.1 Å². The van der Waals surface area contributed by atoms with Crippen LogP contribution in [0.5, 0.6) is 0 Å². The lowest BCUT2D eigenvalue weighted by Crippen LogP contribution is -2.43. The Labute approximate surface area is 125 Å². The molecule has 1 aromatic heterocycles. The normalized spacial score (nSPS) is 10.8. The first-order chi connectivity index (χ1) is 9.72. The molecule has 0 atom stereocenters. The van der Waals surface area contributed by atoms with Gasteiger partial charge in [-0.15, -0.1) is 11.3 Å². The smallest absolute Gasteiger partial charge is 0.282 e. The number of nitrogens with zero attached hydrogens (tertiary/aromatic N) is 1. The quantitative estimate of drug-likeness (QED) is 0.576. The van der Waals surface area contributed by atoms with Gasteiger partial charge in [-0.1, -0.05) is 36.4 Å². The highest BCUT2D eigenvalue weighted by atomic mass is 32.2. The van der Waals surface area contributed by atoms with E-state index in [2.05, 4.69) is 35.3 Å². The number of amidine groups is 1. The predicted molar refractivity (Wildman–Crippen MR) is 87.5 cm³/mol. The second-order valence-corrected chi connectivity index (χ2v) is 6.51. The van der Waals surface area contributed by atoms with E-state index < -0.39 is 0 Å². The third-order valence-corrected chi connectivity index (χ3v) is 4.87. The highest BCUT2D eigenvalue weighted by molar-refractivity contribution is 8.12. The van der Waals surface area contributed by atoms with Crippen LogP contribution >= 0.6 is 23.1 Å². The van der Waals surface area contributed by atoms with Crippen molar-refractivity contribution < 1.29 is 5.41 Å². The van der Waals surface area contributed by atoms with Gasteiger partial charge in [0.1, 0.15) is 5.01 Å². The Morgan fingerprint density at radius 2 is 1.95 bits per heavy atom. The molecule has 3 aromatic rings. The number of benzene rings is 2. The molecule has 0 fully saturated rings. The zero-order valence-corrected chi connectivity index (χ0v) is 12.4. The maximum Gasteiger partial charge on any atom is 0.300 e. The van der Waals surface area contributed by atoms with Crippen LogP contribution in [-0.2, 0) is 5.75 Å². The van der Waals surface area contributed by atoms with Gasteiger partial charge >= 0.3 is 0 Å². The summed E-state index contributed by atoms with van der Waals surface area (Å²) in [6.07, 6.45) is 0. The largest absolute Gasteiger partial charge is 0.300 e. The molecule has 4 N–H and O–H groups in total. The van der Waals surface area contributed by atoms with E-state index in [0.29, 0.717) is 5.17 Å². The summed E-state index contributed by atoms with van der Waals surface area (Å²) in [5, 5.41) is 6.90. The van der Waals surface area contributed by atoms with Gasteiger partial charge in [0.2, 0.25) is 0 Å². The first-order valence-electron chi connectivity index (χ1n) is 6.18. The molecule has 0 aliphatic carbocycles. The number of rotatable bonds is 3. The second kappa shape index (κ2) is 5.64. The van der Waals surface area contributed by atoms with Crippen molar-refractivity contribution in [2.45, 2.75) is 5.75 Å². The number of thioether (sulfide) groups is 1. The maximum absolute atomic E-state index is 5.47. The molecule has 100 valence electrons. The molecular weight excluding hydrogens is 286 g/mol. The van der Waals surface area contributed by atoms with Gasteiger partial charge in [0, 0.05) is 0 Å². The molecule has 2 aromatic carbocycles. The van der Waals surface area contributed by atoms with E-state index in [1.807, 2.05) is 18.2 Å². The lowest BCUT2D eigenvalue weighted by atomic mass is 10.1. The monoisotopic (exact) mass is 300 g/mol. The van der Waals surface area contributed by atoms with Gasteiger partial charge in [0.25, 0.3) is 5.17 Å². The fraction of sp³-hybridized carbons (Fsp3) is 0.0667. The van der Waals surface area contributed by atoms with Crippen molar-refractivity contribution in [1.82, 2.24) is 4.98 Å². The summed E-state index contributed by atoms with van der Waals surface area (Å²) in [7, 11) is 0.